The fourth-order valence-electron chi connectivity index (χ4n) is 7.78. The Labute approximate surface area is 324 Å². The van der Waals surface area contributed by atoms with Crippen molar-refractivity contribution in [3.8, 4) is 22.3 Å². The van der Waals surface area contributed by atoms with Crippen molar-refractivity contribution in [2.75, 3.05) is 0 Å². The van der Waals surface area contributed by atoms with Gasteiger partial charge in [0.1, 0.15) is 11.2 Å². The van der Waals surface area contributed by atoms with E-state index in [0.29, 0.717) is 18.2 Å². The van der Waals surface area contributed by atoms with Crippen molar-refractivity contribution in [3.05, 3.63) is 205 Å². The van der Waals surface area contributed by atoms with Gasteiger partial charge in [0.15, 0.2) is 11.7 Å². The van der Waals surface area contributed by atoms with Crippen LogP contribution in [0.15, 0.2) is 207 Å². The summed E-state index contributed by atoms with van der Waals surface area (Å²) in [7, 11) is 0. The molecule has 0 amide bonds. The van der Waals surface area contributed by atoms with Gasteiger partial charge in [-0.15, -0.1) is 0 Å². The van der Waals surface area contributed by atoms with Gasteiger partial charge in [-0.05, 0) is 103 Å². The predicted octanol–water partition coefficient (Wildman–Crippen LogP) is 13.5. The number of furan rings is 1. The van der Waals surface area contributed by atoms with Crippen LogP contribution in [-0.4, -0.2) is 18.4 Å². The quantitative estimate of drug-likeness (QED) is 0.125. The second-order valence-corrected chi connectivity index (χ2v) is 14.1. The topological polar surface area (TPSA) is 50.2 Å². The van der Waals surface area contributed by atoms with Gasteiger partial charge >= 0.3 is 0 Å². The Kier molecular flexibility index (Phi) is 8.34. The first-order chi connectivity index (χ1) is 27.7. The molecule has 10 rings (SSSR count). The van der Waals surface area contributed by atoms with Crippen LogP contribution in [0, 0.1) is 0 Å². The van der Waals surface area contributed by atoms with Gasteiger partial charge in [-0.25, -0.2) is 9.98 Å². The first-order valence-electron chi connectivity index (χ1n) is 18.8. The first-order valence-corrected chi connectivity index (χ1v) is 18.8. The maximum absolute atomic E-state index is 6.80. The minimum atomic E-state index is 0.411. The number of rotatable bonds is 6. The van der Waals surface area contributed by atoms with Gasteiger partial charge in [0, 0.05) is 16.3 Å². The minimum Gasteiger partial charge on any atom is -0.455 e. The van der Waals surface area contributed by atoms with Gasteiger partial charge in [-0.1, -0.05) is 152 Å². The predicted molar refractivity (Wildman–Crippen MR) is 236 cm³/mol. The Morgan fingerprint density at radius 3 is 1.91 bits per heavy atom. The molecule has 10 aromatic rings. The van der Waals surface area contributed by atoms with E-state index in [1.54, 1.807) is 0 Å². The maximum atomic E-state index is 6.80. The fourth-order valence-corrected chi connectivity index (χ4v) is 7.78. The lowest BCUT2D eigenvalue weighted by Gasteiger charge is -2.11. The maximum Gasteiger partial charge on any atom is 0.161 e. The van der Waals surface area contributed by atoms with Crippen LogP contribution >= 0.6 is 0 Å². The molecule has 1 heterocycles. The molecule has 0 spiro atoms. The lowest BCUT2D eigenvalue weighted by molar-refractivity contribution is 0.668. The van der Waals surface area contributed by atoms with Crippen LogP contribution in [0.3, 0.4) is 0 Å². The summed E-state index contributed by atoms with van der Waals surface area (Å²) in [4.78, 5) is 15.1. The summed E-state index contributed by atoms with van der Waals surface area (Å²) in [5, 5.41) is 8.96. The highest BCUT2D eigenvalue weighted by atomic mass is 16.3. The highest BCUT2D eigenvalue weighted by Gasteiger charge is 2.20. The van der Waals surface area contributed by atoms with Crippen LogP contribution in [0.25, 0.3) is 76.5 Å². The standard InChI is InChI=1S/C52H35N3O/c1-53-51(43-25-24-41-29-40(22-23-42(41)30-43)35-12-4-2-5-13-35)55-52(54-33-34-20-21-37-16-8-9-18-39(37)28-34)47-32-44(36-14-6-3-7-15-36)31-46-49-45-19-11-10-17-38(45)26-27-48(49)56-50(46)47/h2-32H,1,33H2/b54-52-,55-51-. The smallest absolute Gasteiger partial charge is 0.161 e. The van der Waals surface area contributed by atoms with Crippen molar-refractivity contribution in [1.82, 2.24) is 0 Å². The molecule has 0 fully saturated rings. The number of fused-ring (bicyclic) bond motifs is 7. The Hall–Kier alpha value is -7.43. The lowest BCUT2D eigenvalue weighted by Crippen LogP contribution is -2.06. The van der Waals surface area contributed by atoms with Crippen LogP contribution in [0.2, 0.25) is 0 Å². The molecule has 56 heavy (non-hydrogen) atoms. The van der Waals surface area contributed by atoms with E-state index >= 15 is 0 Å². The van der Waals surface area contributed by atoms with E-state index in [0.717, 1.165) is 71.3 Å². The van der Waals surface area contributed by atoms with Gasteiger partial charge in [-0.2, -0.15) is 0 Å². The molecule has 4 heteroatoms. The Balaban J connectivity index is 1.18. The minimum absolute atomic E-state index is 0.411. The monoisotopic (exact) mass is 717 g/mol. The van der Waals surface area contributed by atoms with Crippen LogP contribution in [0.1, 0.15) is 16.7 Å². The van der Waals surface area contributed by atoms with Gasteiger partial charge in [0.2, 0.25) is 0 Å². The molecule has 264 valence electrons. The third-order valence-corrected chi connectivity index (χ3v) is 10.6. The van der Waals surface area contributed by atoms with E-state index in [1.807, 2.05) is 12.1 Å². The number of hydrogen-bond acceptors (Lipinski definition) is 2. The summed E-state index contributed by atoms with van der Waals surface area (Å²) >= 11 is 0. The molecule has 9 aromatic carbocycles. The third kappa shape index (κ3) is 6.13. The van der Waals surface area contributed by atoms with Crippen molar-refractivity contribution in [2.45, 2.75) is 6.54 Å². The SMILES string of the molecule is C=N/C(=N\C(=N/Cc1ccc2ccccc2c1)c1cc(-c2ccccc2)cc2c1oc1ccc3ccccc3c12)c1ccc2cc(-c3ccccc3)ccc2c1. The van der Waals surface area contributed by atoms with E-state index in [9.17, 15) is 0 Å². The molecule has 4 nitrogen and oxygen atoms in total. The molecule has 0 aliphatic heterocycles. The number of nitrogens with zero attached hydrogens (tertiary/aromatic N) is 3. The Morgan fingerprint density at radius 1 is 0.464 bits per heavy atom. The average molecular weight is 718 g/mol. The van der Waals surface area contributed by atoms with Crippen molar-refractivity contribution in [2.24, 2.45) is 15.0 Å². The second kappa shape index (κ2) is 14.1. The van der Waals surface area contributed by atoms with Crippen molar-refractivity contribution >= 4 is 72.6 Å². The van der Waals surface area contributed by atoms with E-state index in [4.69, 9.17) is 14.4 Å². The third-order valence-electron chi connectivity index (χ3n) is 10.6. The molecule has 0 aliphatic carbocycles. The number of amidine groups is 2. The van der Waals surface area contributed by atoms with Crippen molar-refractivity contribution in [3.63, 3.8) is 0 Å². The summed E-state index contributed by atoms with van der Waals surface area (Å²) in [5.41, 5.74) is 8.76. The Bertz CT molecular complexity index is 3180. The normalized spacial score (nSPS) is 12.3. The van der Waals surface area contributed by atoms with Crippen molar-refractivity contribution in [1.29, 1.82) is 0 Å². The number of hydrogen-bond donors (Lipinski definition) is 0. The molecule has 0 unspecified atom stereocenters. The largest absolute Gasteiger partial charge is 0.455 e. The molecule has 0 N–H and O–H groups in total. The summed E-state index contributed by atoms with van der Waals surface area (Å²) in [6.07, 6.45) is 0. The summed E-state index contributed by atoms with van der Waals surface area (Å²) in [5.74, 6) is 1.00. The molecule has 1 aromatic heterocycles. The zero-order valence-corrected chi connectivity index (χ0v) is 30.6. The van der Waals surface area contributed by atoms with Crippen molar-refractivity contribution < 1.29 is 4.42 Å². The molecule has 0 radical (unpaired) electrons. The van der Waals surface area contributed by atoms with Crippen LogP contribution in [0.4, 0.5) is 0 Å². The molecule has 0 saturated heterocycles. The van der Waals surface area contributed by atoms with Crippen LogP contribution in [-0.2, 0) is 6.54 Å². The van der Waals surface area contributed by atoms with Gasteiger partial charge in [0.05, 0.1) is 12.1 Å². The van der Waals surface area contributed by atoms with Gasteiger partial charge in [0.25, 0.3) is 0 Å². The van der Waals surface area contributed by atoms with E-state index in [1.165, 1.54) is 21.9 Å². The second-order valence-electron chi connectivity index (χ2n) is 14.1. The first kappa shape index (κ1) is 33.2. The summed E-state index contributed by atoms with van der Waals surface area (Å²) in [6.45, 7) is 4.42. The summed E-state index contributed by atoms with van der Waals surface area (Å²) in [6, 6.07) is 65.6. The molecule has 0 atom stereocenters. The zero-order chi connectivity index (χ0) is 37.4. The van der Waals surface area contributed by atoms with E-state index < -0.39 is 0 Å². The van der Waals surface area contributed by atoms with E-state index in [2.05, 4.69) is 188 Å². The van der Waals surface area contributed by atoms with E-state index in [-0.39, 0.29) is 0 Å². The molecular formula is C52H35N3O. The zero-order valence-electron chi connectivity index (χ0n) is 30.6. The average Bonchev–Trinajstić information content (AvgIpc) is 3.66. The molecule has 0 aliphatic rings. The summed E-state index contributed by atoms with van der Waals surface area (Å²) < 4.78 is 6.80. The van der Waals surface area contributed by atoms with Crippen LogP contribution in [0.5, 0.6) is 0 Å². The molecule has 0 saturated carbocycles. The molecular weight excluding hydrogens is 683 g/mol. The highest BCUT2D eigenvalue weighted by Crippen LogP contribution is 2.39. The number of aliphatic imine (C=N–C) groups is 3. The number of benzene rings is 9. The van der Waals surface area contributed by atoms with Gasteiger partial charge < -0.3 is 4.42 Å². The lowest BCUT2D eigenvalue weighted by atomic mass is 9.97. The Morgan fingerprint density at radius 2 is 1.11 bits per heavy atom. The fraction of sp³-hybridized carbons (Fsp3) is 0.0192. The molecule has 0 bridgehead atoms. The van der Waals surface area contributed by atoms with Crippen LogP contribution < -0.4 is 0 Å². The van der Waals surface area contributed by atoms with Gasteiger partial charge in [-0.3, -0.25) is 4.99 Å². The highest BCUT2D eigenvalue weighted by molar-refractivity contribution is 6.24.